The highest BCUT2D eigenvalue weighted by atomic mass is 32.2. The van der Waals surface area contributed by atoms with E-state index in [4.69, 9.17) is 0 Å². The molecule has 0 atom stereocenters. The van der Waals surface area contributed by atoms with E-state index in [-0.39, 0.29) is 5.82 Å². The van der Waals surface area contributed by atoms with Crippen molar-refractivity contribution in [3.05, 3.63) is 42.0 Å². The van der Waals surface area contributed by atoms with Crippen LogP contribution in [0.2, 0.25) is 0 Å². The van der Waals surface area contributed by atoms with E-state index in [2.05, 4.69) is 10.3 Å². The summed E-state index contributed by atoms with van der Waals surface area (Å²) in [6.07, 6.45) is 6.06. The van der Waals surface area contributed by atoms with Gasteiger partial charge in [-0.15, -0.1) is 0 Å². The SMILES string of the molecule is Cn1ccnc1Sc1cccc(F)c1CNC1CC1. The molecule has 0 bridgehead atoms. The normalized spacial score (nSPS) is 14.8. The predicted octanol–water partition coefficient (Wildman–Crippen LogP) is 2.96. The number of nitrogens with zero attached hydrogens (tertiary/aromatic N) is 2. The van der Waals surface area contributed by atoms with Crippen molar-refractivity contribution in [2.75, 3.05) is 0 Å². The maximum Gasteiger partial charge on any atom is 0.172 e. The highest BCUT2D eigenvalue weighted by Crippen LogP contribution is 2.31. The number of aryl methyl sites for hydroxylation is 1. The van der Waals surface area contributed by atoms with Gasteiger partial charge in [0.25, 0.3) is 0 Å². The third-order valence-corrected chi connectivity index (χ3v) is 4.38. The molecule has 0 unspecified atom stereocenters. The van der Waals surface area contributed by atoms with Crippen molar-refractivity contribution in [2.45, 2.75) is 35.5 Å². The Morgan fingerprint density at radius 2 is 2.32 bits per heavy atom. The van der Waals surface area contributed by atoms with Gasteiger partial charge in [-0.3, -0.25) is 0 Å². The largest absolute Gasteiger partial charge is 0.329 e. The molecule has 100 valence electrons. The van der Waals surface area contributed by atoms with E-state index in [0.717, 1.165) is 15.6 Å². The Morgan fingerprint density at radius 3 is 3.00 bits per heavy atom. The van der Waals surface area contributed by atoms with Crippen LogP contribution in [0.4, 0.5) is 4.39 Å². The highest BCUT2D eigenvalue weighted by molar-refractivity contribution is 7.99. The van der Waals surface area contributed by atoms with E-state index in [1.165, 1.54) is 30.7 Å². The number of imidazole rings is 1. The van der Waals surface area contributed by atoms with Crippen LogP contribution in [0.1, 0.15) is 18.4 Å². The van der Waals surface area contributed by atoms with E-state index in [0.29, 0.717) is 12.6 Å². The maximum absolute atomic E-state index is 14.0. The molecular weight excluding hydrogens is 261 g/mol. The first-order chi connectivity index (χ1) is 9.24. The Bertz CT molecular complexity index is 578. The third-order valence-electron chi connectivity index (χ3n) is 3.20. The van der Waals surface area contributed by atoms with Crippen LogP contribution in [0, 0.1) is 5.82 Å². The zero-order valence-electron chi connectivity index (χ0n) is 10.8. The van der Waals surface area contributed by atoms with E-state index in [1.807, 2.05) is 23.9 Å². The van der Waals surface area contributed by atoms with Gasteiger partial charge in [-0.25, -0.2) is 9.37 Å². The Morgan fingerprint density at radius 1 is 1.47 bits per heavy atom. The lowest BCUT2D eigenvalue weighted by atomic mass is 10.2. The number of halogens is 1. The Labute approximate surface area is 116 Å². The van der Waals surface area contributed by atoms with Crippen LogP contribution in [-0.2, 0) is 13.6 Å². The molecular formula is C14H16FN3S. The molecule has 1 aromatic carbocycles. The van der Waals surface area contributed by atoms with Crippen LogP contribution in [0.25, 0.3) is 0 Å². The second kappa shape index (κ2) is 5.35. The average Bonchev–Trinajstić information content (AvgIpc) is 3.13. The molecule has 0 saturated heterocycles. The maximum atomic E-state index is 14.0. The monoisotopic (exact) mass is 277 g/mol. The van der Waals surface area contributed by atoms with Gasteiger partial charge < -0.3 is 9.88 Å². The molecule has 0 amide bonds. The molecule has 3 rings (SSSR count). The van der Waals surface area contributed by atoms with Gasteiger partial charge in [-0.1, -0.05) is 17.8 Å². The lowest BCUT2D eigenvalue weighted by Gasteiger charge is -2.10. The van der Waals surface area contributed by atoms with Crippen LogP contribution in [0.15, 0.2) is 40.6 Å². The molecule has 1 aliphatic rings. The molecule has 2 aromatic rings. The zero-order chi connectivity index (χ0) is 13.2. The highest BCUT2D eigenvalue weighted by Gasteiger charge is 2.21. The molecule has 5 heteroatoms. The fourth-order valence-electron chi connectivity index (χ4n) is 1.89. The number of hydrogen-bond acceptors (Lipinski definition) is 3. The Hall–Kier alpha value is -1.33. The van der Waals surface area contributed by atoms with Crippen molar-refractivity contribution >= 4 is 11.8 Å². The molecule has 0 aliphatic heterocycles. The first-order valence-electron chi connectivity index (χ1n) is 6.40. The first-order valence-corrected chi connectivity index (χ1v) is 7.21. The molecule has 1 fully saturated rings. The topological polar surface area (TPSA) is 29.9 Å². The summed E-state index contributed by atoms with van der Waals surface area (Å²) < 4.78 is 15.9. The van der Waals surface area contributed by atoms with E-state index < -0.39 is 0 Å². The van der Waals surface area contributed by atoms with Gasteiger partial charge in [0.1, 0.15) is 5.82 Å². The van der Waals surface area contributed by atoms with Crippen molar-refractivity contribution < 1.29 is 4.39 Å². The van der Waals surface area contributed by atoms with Gasteiger partial charge in [0.15, 0.2) is 5.16 Å². The molecule has 19 heavy (non-hydrogen) atoms. The van der Waals surface area contributed by atoms with E-state index >= 15 is 0 Å². The molecule has 1 aliphatic carbocycles. The summed E-state index contributed by atoms with van der Waals surface area (Å²) >= 11 is 1.51. The number of benzene rings is 1. The average molecular weight is 277 g/mol. The second-order valence-electron chi connectivity index (χ2n) is 4.79. The summed E-state index contributed by atoms with van der Waals surface area (Å²) in [6, 6.07) is 5.80. The number of rotatable bonds is 5. The predicted molar refractivity (Wildman–Crippen MR) is 73.6 cm³/mol. The van der Waals surface area contributed by atoms with Crippen LogP contribution in [0.3, 0.4) is 0 Å². The Balaban J connectivity index is 1.82. The summed E-state index contributed by atoms with van der Waals surface area (Å²) in [5.74, 6) is -0.146. The molecule has 0 spiro atoms. The van der Waals surface area contributed by atoms with Gasteiger partial charge in [0.05, 0.1) is 0 Å². The quantitative estimate of drug-likeness (QED) is 0.911. The van der Waals surface area contributed by atoms with Crippen molar-refractivity contribution in [1.82, 2.24) is 14.9 Å². The van der Waals surface area contributed by atoms with Crippen molar-refractivity contribution in [1.29, 1.82) is 0 Å². The third kappa shape index (κ3) is 2.98. The minimum Gasteiger partial charge on any atom is -0.329 e. The number of aromatic nitrogens is 2. The summed E-state index contributed by atoms with van der Waals surface area (Å²) in [6.45, 7) is 0.587. The van der Waals surface area contributed by atoms with Crippen molar-refractivity contribution in [3.63, 3.8) is 0 Å². The molecule has 3 nitrogen and oxygen atoms in total. The van der Waals surface area contributed by atoms with Gasteiger partial charge in [-0.05, 0) is 25.0 Å². The molecule has 1 saturated carbocycles. The fourth-order valence-corrected chi connectivity index (χ4v) is 2.84. The van der Waals surface area contributed by atoms with Gasteiger partial charge >= 0.3 is 0 Å². The van der Waals surface area contributed by atoms with Crippen molar-refractivity contribution in [2.24, 2.45) is 7.05 Å². The smallest absolute Gasteiger partial charge is 0.172 e. The lowest BCUT2D eigenvalue weighted by molar-refractivity contribution is 0.579. The second-order valence-corrected chi connectivity index (χ2v) is 5.80. The summed E-state index contributed by atoms with van der Waals surface area (Å²) in [5, 5.41) is 4.24. The number of nitrogens with one attached hydrogen (secondary N) is 1. The van der Waals surface area contributed by atoms with Gasteiger partial charge in [-0.2, -0.15) is 0 Å². The standard InChI is InChI=1S/C14H16FN3S/c1-18-8-7-16-14(18)19-13-4-2-3-12(15)11(13)9-17-10-5-6-10/h2-4,7-8,10,17H,5-6,9H2,1H3. The minimum absolute atomic E-state index is 0.146. The molecule has 0 radical (unpaired) electrons. The molecule has 1 heterocycles. The van der Waals surface area contributed by atoms with Crippen LogP contribution in [-0.4, -0.2) is 15.6 Å². The summed E-state index contributed by atoms with van der Waals surface area (Å²) in [7, 11) is 1.94. The van der Waals surface area contributed by atoms with Gasteiger partial charge in [0, 0.05) is 42.5 Å². The summed E-state index contributed by atoms with van der Waals surface area (Å²) in [4.78, 5) is 5.21. The van der Waals surface area contributed by atoms with Crippen molar-refractivity contribution in [3.8, 4) is 0 Å². The fraction of sp³-hybridized carbons (Fsp3) is 0.357. The molecule has 1 N–H and O–H groups in total. The molecule has 1 aromatic heterocycles. The first kappa shape index (κ1) is 12.7. The number of hydrogen-bond donors (Lipinski definition) is 1. The Kier molecular flexibility index (Phi) is 3.57. The minimum atomic E-state index is -0.146. The van der Waals surface area contributed by atoms with Crippen LogP contribution < -0.4 is 5.32 Å². The van der Waals surface area contributed by atoms with Crippen LogP contribution >= 0.6 is 11.8 Å². The van der Waals surface area contributed by atoms with E-state index in [1.54, 1.807) is 12.3 Å². The summed E-state index contributed by atoms with van der Waals surface area (Å²) in [5.41, 5.74) is 0.738. The van der Waals surface area contributed by atoms with Gasteiger partial charge in [0.2, 0.25) is 0 Å². The zero-order valence-corrected chi connectivity index (χ0v) is 11.6. The van der Waals surface area contributed by atoms with E-state index in [9.17, 15) is 4.39 Å². The lowest BCUT2D eigenvalue weighted by Crippen LogP contribution is -2.17. The van der Waals surface area contributed by atoms with Crippen LogP contribution in [0.5, 0.6) is 0 Å².